The number of hydrogen-bond donors (Lipinski definition) is 1. The van der Waals surface area contributed by atoms with E-state index >= 15 is 0 Å². The Morgan fingerprint density at radius 2 is 2.07 bits per heavy atom. The Hall–Kier alpha value is -1.13. The van der Waals surface area contributed by atoms with Crippen LogP contribution in [0.3, 0.4) is 0 Å². The highest BCUT2D eigenvalue weighted by Crippen LogP contribution is 2.32. The van der Waals surface area contributed by atoms with E-state index in [1.54, 1.807) is 11.3 Å². The van der Waals surface area contributed by atoms with Crippen molar-refractivity contribution in [3.05, 3.63) is 40.2 Å². The number of H-pyrrole nitrogens is 1. The monoisotopic (exact) mass is 278 g/mol. The molecule has 74 valence electrons. The van der Waals surface area contributed by atoms with Gasteiger partial charge in [-0.25, -0.2) is 4.98 Å². The zero-order chi connectivity index (χ0) is 10.3. The summed E-state index contributed by atoms with van der Waals surface area (Å²) in [6.07, 6.45) is 0. The number of halogens is 1. The quantitative estimate of drug-likeness (QED) is 0.715. The summed E-state index contributed by atoms with van der Waals surface area (Å²) in [7, 11) is 0. The Morgan fingerprint density at radius 3 is 2.80 bits per heavy atom. The number of nitrogens with one attached hydrogen (secondary N) is 1. The maximum Gasteiger partial charge on any atom is 0.149 e. The van der Waals surface area contributed by atoms with E-state index in [1.165, 1.54) is 0 Å². The molecule has 0 unspecified atom stereocenters. The third-order valence-corrected chi connectivity index (χ3v) is 4.07. The number of fused-ring (bicyclic) bond motifs is 1. The summed E-state index contributed by atoms with van der Waals surface area (Å²) in [6, 6.07) is 10.1. The molecule has 1 aromatic carbocycles. The fraction of sp³-hybridized carbons (Fsp3) is 0. The molecule has 0 saturated carbocycles. The molecule has 0 amide bonds. The second kappa shape index (κ2) is 3.47. The van der Waals surface area contributed by atoms with E-state index in [2.05, 4.69) is 25.9 Å². The van der Waals surface area contributed by atoms with Crippen LogP contribution in [-0.4, -0.2) is 9.97 Å². The van der Waals surface area contributed by atoms with Gasteiger partial charge in [0, 0.05) is 4.47 Å². The fourth-order valence-electron chi connectivity index (χ4n) is 1.52. The fourth-order valence-corrected chi connectivity index (χ4v) is 3.03. The molecule has 0 aliphatic heterocycles. The average Bonchev–Trinajstić information content (AvgIpc) is 2.82. The predicted molar refractivity (Wildman–Crippen MR) is 67.1 cm³/mol. The van der Waals surface area contributed by atoms with Gasteiger partial charge in [-0.15, -0.1) is 11.3 Å². The Kier molecular flexibility index (Phi) is 2.11. The van der Waals surface area contributed by atoms with E-state index in [0.717, 1.165) is 26.2 Å². The Labute approximate surface area is 99.1 Å². The second-order valence-corrected chi connectivity index (χ2v) is 4.97. The van der Waals surface area contributed by atoms with E-state index in [4.69, 9.17) is 0 Å². The predicted octanol–water partition coefficient (Wildman–Crippen LogP) is 4.05. The topological polar surface area (TPSA) is 28.7 Å². The second-order valence-electron chi connectivity index (χ2n) is 3.20. The highest BCUT2D eigenvalue weighted by atomic mass is 79.9. The molecule has 0 saturated heterocycles. The molecule has 2 nitrogen and oxygen atoms in total. The summed E-state index contributed by atoms with van der Waals surface area (Å²) in [6.45, 7) is 0. The minimum Gasteiger partial charge on any atom is -0.337 e. The van der Waals surface area contributed by atoms with Crippen LogP contribution in [-0.2, 0) is 0 Å². The summed E-state index contributed by atoms with van der Waals surface area (Å²) in [5.74, 6) is 0.929. The number of rotatable bonds is 1. The summed E-state index contributed by atoms with van der Waals surface area (Å²) in [5.41, 5.74) is 2.08. The van der Waals surface area contributed by atoms with Gasteiger partial charge in [-0.3, -0.25) is 0 Å². The number of hydrogen-bond acceptors (Lipinski definition) is 2. The summed E-state index contributed by atoms with van der Waals surface area (Å²) < 4.78 is 1.09. The van der Waals surface area contributed by atoms with E-state index in [9.17, 15) is 0 Å². The van der Waals surface area contributed by atoms with Crippen molar-refractivity contribution in [3.63, 3.8) is 0 Å². The normalized spacial score (nSPS) is 11.0. The molecule has 0 bridgehead atoms. The lowest BCUT2D eigenvalue weighted by Gasteiger charge is -1.90. The molecule has 0 radical (unpaired) electrons. The van der Waals surface area contributed by atoms with Gasteiger partial charge in [0.1, 0.15) is 5.82 Å². The SMILES string of the molecule is Brc1ccsc1-c1nc2ccccc2[nH]1. The highest BCUT2D eigenvalue weighted by molar-refractivity contribution is 9.10. The first-order valence-corrected chi connectivity index (χ1v) is 6.20. The number of aromatic nitrogens is 2. The number of imidazole rings is 1. The zero-order valence-electron chi connectivity index (χ0n) is 7.70. The van der Waals surface area contributed by atoms with Crippen LogP contribution in [0.25, 0.3) is 21.7 Å². The molecular formula is C11H7BrN2S. The zero-order valence-corrected chi connectivity index (χ0v) is 10.1. The highest BCUT2D eigenvalue weighted by Gasteiger charge is 2.08. The number of para-hydroxylation sites is 2. The third-order valence-electron chi connectivity index (χ3n) is 2.22. The van der Waals surface area contributed by atoms with Gasteiger partial charge in [0.2, 0.25) is 0 Å². The maximum atomic E-state index is 4.54. The number of nitrogens with zero attached hydrogens (tertiary/aromatic N) is 1. The van der Waals surface area contributed by atoms with Crippen LogP contribution in [0.15, 0.2) is 40.2 Å². The van der Waals surface area contributed by atoms with E-state index in [1.807, 2.05) is 35.7 Å². The average molecular weight is 279 g/mol. The molecule has 0 aliphatic rings. The molecule has 1 N–H and O–H groups in total. The van der Waals surface area contributed by atoms with Crippen molar-refractivity contribution >= 4 is 38.3 Å². The lowest BCUT2D eigenvalue weighted by Crippen LogP contribution is -1.74. The van der Waals surface area contributed by atoms with Crippen LogP contribution in [0.4, 0.5) is 0 Å². The molecule has 15 heavy (non-hydrogen) atoms. The molecule has 2 aromatic heterocycles. The molecule has 0 aliphatic carbocycles. The largest absolute Gasteiger partial charge is 0.337 e. The van der Waals surface area contributed by atoms with Crippen molar-refractivity contribution in [1.29, 1.82) is 0 Å². The maximum absolute atomic E-state index is 4.54. The minimum absolute atomic E-state index is 0.929. The molecule has 3 rings (SSSR count). The minimum atomic E-state index is 0.929. The van der Waals surface area contributed by atoms with Gasteiger partial charge in [0.15, 0.2) is 0 Å². The molecule has 4 heteroatoms. The van der Waals surface area contributed by atoms with Crippen LogP contribution in [0, 0.1) is 0 Å². The van der Waals surface area contributed by atoms with Gasteiger partial charge >= 0.3 is 0 Å². The lowest BCUT2D eigenvalue weighted by molar-refractivity contribution is 1.35. The lowest BCUT2D eigenvalue weighted by atomic mass is 10.3. The molecule has 0 fully saturated rings. The Bertz CT molecular complexity index is 579. The smallest absolute Gasteiger partial charge is 0.149 e. The molecule has 0 spiro atoms. The van der Waals surface area contributed by atoms with Crippen molar-refractivity contribution in [2.45, 2.75) is 0 Å². The molecule has 3 aromatic rings. The Morgan fingerprint density at radius 1 is 1.20 bits per heavy atom. The van der Waals surface area contributed by atoms with E-state index in [-0.39, 0.29) is 0 Å². The van der Waals surface area contributed by atoms with E-state index < -0.39 is 0 Å². The van der Waals surface area contributed by atoms with Crippen LogP contribution in [0.2, 0.25) is 0 Å². The van der Waals surface area contributed by atoms with Crippen molar-refractivity contribution in [2.24, 2.45) is 0 Å². The van der Waals surface area contributed by atoms with Gasteiger partial charge in [-0.2, -0.15) is 0 Å². The summed E-state index contributed by atoms with van der Waals surface area (Å²) in [5, 5.41) is 2.05. The first kappa shape index (κ1) is 9.12. The number of aromatic amines is 1. The van der Waals surface area contributed by atoms with Crippen LogP contribution >= 0.6 is 27.3 Å². The van der Waals surface area contributed by atoms with Gasteiger partial charge in [0.05, 0.1) is 15.9 Å². The van der Waals surface area contributed by atoms with Crippen molar-refractivity contribution in [3.8, 4) is 10.7 Å². The number of benzene rings is 1. The first-order chi connectivity index (χ1) is 7.34. The first-order valence-electron chi connectivity index (χ1n) is 4.53. The molecular weight excluding hydrogens is 272 g/mol. The van der Waals surface area contributed by atoms with Gasteiger partial charge in [0.25, 0.3) is 0 Å². The van der Waals surface area contributed by atoms with Crippen LogP contribution < -0.4 is 0 Å². The summed E-state index contributed by atoms with van der Waals surface area (Å²) >= 11 is 5.19. The standard InChI is InChI=1S/C11H7BrN2S/c12-7-5-6-15-10(7)11-13-8-3-1-2-4-9(8)14-11/h1-6H,(H,13,14). The third kappa shape index (κ3) is 1.50. The molecule has 2 heterocycles. The van der Waals surface area contributed by atoms with Gasteiger partial charge in [-0.05, 0) is 39.5 Å². The van der Waals surface area contributed by atoms with Gasteiger partial charge < -0.3 is 4.98 Å². The van der Waals surface area contributed by atoms with Gasteiger partial charge in [-0.1, -0.05) is 12.1 Å². The van der Waals surface area contributed by atoms with Crippen molar-refractivity contribution in [1.82, 2.24) is 9.97 Å². The van der Waals surface area contributed by atoms with Crippen molar-refractivity contribution < 1.29 is 0 Å². The van der Waals surface area contributed by atoms with Crippen LogP contribution in [0.5, 0.6) is 0 Å². The van der Waals surface area contributed by atoms with Crippen LogP contribution in [0.1, 0.15) is 0 Å². The Balaban J connectivity index is 2.24. The summed E-state index contributed by atoms with van der Waals surface area (Å²) in [4.78, 5) is 8.99. The molecule has 0 atom stereocenters. The van der Waals surface area contributed by atoms with E-state index in [0.29, 0.717) is 0 Å². The van der Waals surface area contributed by atoms with Crippen molar-refractivity contribution in [2.75, 3.05) is 0 Å². The number of thiophene rings is 1.